The number of nitrogens with zero attached hydrogens (tertiary/aromatic N) is 2. The second-order valence-electron chi connectivity index (χ2n) is 3.46. The third-order valence-electron chi connectivity index (χ3n) is 2.16. The monoisotopic (exact) mass is 223 g/mol. The third-order valence-corrected chi connectivity index (χ3v) is 2.16. The van der Waals surface area contributed by atoms with Crippen molar-refractivity contribution >= 4 is 5.91 Å². The van der Waals surface area contributed by atoms with Gasteiger partial charge in [-0.1, -0.05) is 6.92 Å². The first kappa shape index (κ1) is 12.4. The molecule has 1 amide bonds. The van der Waals surface area contributed by atoms with Gasteiger partial charge in [0.25, 0.3) is 5.91 Å². The normalized spacial score (nSPS) is 11.9. The summed E-state index contributed by atoms with van der Waals surface area (Å²) in [5, 5.41) is 2.83. The zero-order valence-electron chi connectivity index (χ0n) is 9.86. The quantitative estimate of drug-likeness (QED) is 0.819. The second-order valence-corrected chi connectivity index (χ2v) is 3.46. The number of hydrogen-bond donors (Lipinski definition) is 1. The molecule has 5 heteroatoms. The number of rotatable bonds is 5. The lowest BCUT2D eigenvalue weighted by Gasteiger charge is -2.10. The highest BCUT2D eigenvalue weighted by atomic mass is 16.5. The zero-order valence-corrected chi connectivity index (χ0v) is 9.86. The summed E-state index contributed by atoms with van der Waals surface area (Å²) in [6.07, 6.45) is 2.21. The summed E-state index contributed by atoms with van der Waals surface area (Å²) in [7, 11) is 0. The first-order valence-corrected chi connectivity index (χ1v) is 5.43. The van der Waals surface area contributed by atoms with E-state index < -0.39 is 0 Å². The first-order valence-electron chi connectivity index (χ1n) is 5.43. The van der Waals surface area contributed by atoms with Crippen LogP contribution in [0.2, 0.25) is 0 Å². The molecule has 0 spiro atoms. The predicted molar refractivity (Wildman–Crippen MR) is 60.4 cm³/mol. The van der Waals surface area contributed by atoms with Gasteiger partial charge < -0.3 is 10.1 Å². The van der Waals surface area contributed by atoms with Gasteiger partial charge in [-0.15, -0.1) is 0 Å². The molecule has 1 rings (SSSR count). The molecule has 0 aliphatic carbocycles. The van der Waals surface area contributed by atoms with Crippen LogP contribution in [0.1, 0.15) is 37.7 Å². The van der Waals surface area contributed by atoms with Crippen molar-refractivity contribution in [3.05, 3.63) is 18.1 Å². The van der Waals surface area contributed by atoms with E-state index in [9.17, 15) is 4.79 Å². The average molecular weight is 223 g/mol. The fourth-order valence-electron chi connectivity index (χ4n) is 1.09. The van der Waals surface area contributed by atoms with Gasteiger partial charge in [-0.05, 0) is 20.3 Å². The Morgan fingerprint density at radius 3 is 2.88 bits per heavy atom. The highest BCUT2D eigenvalue weighted by molar-refractivity contribution is 5.92. The lowest BCUT2D eigenvalue weighted by molar-refractivity contribution is 0.0933. The lowest BCUT2D eigenvalue weighted by atomic mass is 10.2. The molecule has 1 atom stereocenters. The molecule has 5 nitrogen and oxygen atoms in total. The number of aromatic nitrogens is 2. The van der Waals surface area contributed by atoms with E-state index in [1.54, 1.807) is 6.07 Å². The van der Waals surface area contributed by atoms with Crippen LogP contribution in [0.15, 0.2) is 12.4 Å². The number of carbonyl (C=O) groups is 1. The smallest absolute Gasteiger partial charge is 0.270 e. The van der Waals surface area contributed by atoms with Crippen molar-refractivity contribution < 1.29 is 9.53 Å². The van der Waals surface area contributed by atoms with Gasteiger partial charge in [-0.3, -0.25) is 4.79 Å². The minimum Gasteiger partial charge on any atom is -0.478 e. The SMILES string of the molecule is CCOc1cc(C(=O)NC(C)CC)ncn1. The van der Waals surface area contributed by atoms with Crippen molar-refractivity contribution in [3.8, 4) is 5.88 Å². The highest BCUT2D eigenvalue weighted by Crippen LogP contribution is 2.06. The van der Waals surface area contributed by atoms with Crippen LogP contribution in [0.3, 0.4) is 0 Å². The molecule has 0 saturated carbocycles. The Bertz CT molecular complexity index is 355. The van der Waals surface area contributed by atoms with Crippen LogP contribution in [0.4, 0.5) is 0 Å². The van der Waals surface area contributed by atoms with Crippen molar-refractivity contribution in [2.75, 3.05) is 6.61 Å². The van der Waals surface area contributed by atoms with Crippen molar-refractivity contribution in [3.63, 3.8) is 0 Å². The molecule has 1 aromatic heterocycles. The van der Waals surface area contributed by atoms with E-state index in [4.69, 9.17) is 4.74 Å². The van der Waals surface area contributed by atoms with Crippen LogP contribution < -0.4 is 10.1 Å². The maximum absolute atomic E-state index is 11.7. The van der Waals surface area contributed by atoms with Crippen LogP contribution in [0.5, 0.6) is 5.88 Å². The molecule has 0 aliphatic heterocycles. The van der Waals surface area contributed by atoms with Gasteiger partial charge in [-0.2, -0.15) is 0 Å². The number of nitrogens with one attached hydrogen (secondary N) is 1. The van der Waals surface area contributed by atoms with Gasteiger partial charge in [0.2, 0.25) is 5.88 Å². The standard InChI is InChI=1S/C11H17N3O2/c1-4-8(3)14-11(15)9-6-10(16-5-2)13-7-12-9/h6-8H,4-5H2,1-3H3,(H,14,15). The third kappa shape index (κ3) is 3.49. The van der Waals surface area contributed by atoms with Gasteiger partial charge in [0, 0.05) is 12.1 Å². The number of carbonyl (C=O) groups excluding carboxylic acids is 1. The maximum Gasteiger partial charge on any atom is 0.270 e. The Balaban J connectivity index is 2.71. The maximum atomic E-state index is 11.7. The molecule has 0 radical (unpaired) electrons. The Morgan fingerprint density at radius 2 is 2.25 bits per heavy atom. The molecule has 0 bridgehead atoms. The summed E-state index contributed by atoms with van der Waals surface area (Å²) < 4.78 is 5.20. The Labute approximate surface area is 95.3 Å². The van der Waals surface area contributed by atoms with Crippen molar-refractivity contribution in [2.45, 2.75) is 33.2 Å². The van der Waals surface area contributed by atoms with E-state index in [1.165, 1.54) is 6.33 Å². The molecule has 1 N–H and O–H groups in total. The Morgan fingerprint density at radius 1 is 1.50 bits per heavy atom. The lowest BCUT2D eigenvalue weighted by Crippen LogP contribution is -2.32. The van der Waals surface area contributed by atoms with E-state index >= 15 is 0 Å². The molecule has 0 aromatic carbocycles. The van der Waals surface area contributed by atoms with Gasteiger partial charge in [0.15, 0.2) is 0 Å². The van der Waals surface area contributed by atoms with Gasteiger partial charge >= 0.3 is 0 Å². The average Bonchev–Trinajstić information content (AvgIpc) is 2.29. The predicted octanol–water partition coefficient (Wildman–Crippen LogP) is 1.40. The molecule has 0 aliphatic rings. The van der Waals surface area contributed by atoms with Crippen molar-refractivity contribution in [1.82, 2.24) is 15.3 Å². The summed E-state index contributed by atoms with van der Waals surface area (Å²) in [5.74, 6) is 0.226. The van der Waals surface area contributed by atoms with E-state index in [0.29, 0.717) is 18.2 Å². The Kier molecular flexibility index (Phi) is 4.69. The molecule has 16 heavy (non-hydrogen) atoms. The minimum absolute atomic E-state index is 0.137. The Hall–Kier alpha value is -1.65. The van der Waals surface area contributed by atoms with E-state index in [1.807, 2.05) is 20.8 Å². The highest BCUT2D eigenvalue weighted by Gasteiger charge is 2.11. The van der Waals surface area contributed by atoms with Crippen LogP contribution in [-0.4, -0.2) is 28.5 Å². The zero-order chi connectivity index (χ0) is 12.0. The summed E-state index contributed by atoms with van der Waals surface area (Å²) in [6, 6.07) is 1.68. The molecule has 1 unspecified atom stereocenters. The van der Waals surface area contributed by atoms with Gasteiger partial charge in [-0.25, -0.2) is 9.97 Å². The van der Waals surface area contributed by atoms with E-state index in [-0.39, 0.29) is 11.9 Å². The molecule has 0 saturated heterocycles. The van der Waals surface area contributed by atoms with Crippen LogP contribution in [0.25, 0.3) is 0 Å². The first-order chi connectivity index (χ1) is 7.67. The van der Waals surface area contributed by atoms with E-state index in [2.05, 4.69) is 15.3 Å². The molecule has 1 heterocycles. The second kappa shape index (κ2) is 6.05. The minimum atomic E-state index is -0.197. The van der Waals surface area contributed by atoms with Gasteiger partial charge in [0.05, 0.1) is 6.61 Å². The number of amides is 1. The number of hydrogen-bond acceptors (Lipinski definition) is 4. The van der Waals surface area contributed by atoms with Crippen molar-refractivity contribution in [1.29, 1.82) is 0 Å². The molecule has 1 aromatic rings. The van der Waals surface area contributed by atoms with Crippen LogP contribution in [0, 0.1) is 0 Å². The molecule has 88 valence electrons. The van der Waals surface area contributed by atoms with Crippen LogP contribution >= 0.6 is 0 Å². The summed E-state index contributed by atoms with van der Waals surface area (Å²) in [5.41, 5.74) is 0.332. The topological polar surface area (TPSA) is 64.1 Å². The number of ether oxygens (including phenoxy) is 1. The fourth-order valence-corrected chi connectivity index (χ4v) is 1.09. The molecular weight excluding hydrogens is 206 g/mol. The summed E-state index contributed by atoms with van der Waals surface area (Å²) >= 11 is 0. The summed E-state index contributed by atoms with van der Waals surface area (Å²) in [6.45, 7) is 6.34. The largest absolute Gasteiger partial charge is 0.478 e. The van der Waals surface area contributed by atoms with Crippen LogP contribution in [-0.2, 0) is 0 Å². The summed E-state index contributed by atoms with van der Waals surface area (Å²) in [4.78, 5) is 19.5. The molecular formula is C11H17N3O2. The van der Waals surface area contributed by atoms with Gasteiger partial charge in [0.1, 0.15) is 12.0 Å². The van der Waals surface area contributed by atoms with E-state index in [0.717, 1.165) is 6.42 Å². The fraction of sp³-hybridized carbons (Fsp3) is 0.545. The molecule has 0 fully saturated rings. The van der Waals surface area contributed by atoms with Crippen molar-refractivity contribution in [2.24, 2.45) is 0 Å².